The molecular weight excluding hydrogens is 234 g/mol. The summed E-state index contributed by atoms with van der Waals surface area (Å²) in [7, 11) is 0. The van der Waals surface area contributed by atoms with Gasteiger partial charge in [-0.1, -0.05) is 0 Å². The molecule has 0 aromatic heterocycles. The first kappa shape index (κ1) is 13.4. The van der Waals surface area contributed by atoms with Gasteiger partial charge in [0.15, 0.2) is 0 Å². The van der Waals surface area contributed by atoms with Crippen LogP contribution in [0.5, 0.6) is 0 Å². The Morgan fingerprint density at radius 1 is 1.28 bits per heavy atom. The van der Waals surface area contributed by atoms with Crippen LogP contribution in [0.2, 0.25) is 0 Å². The zero-order valence-corrected chi connectivity index (χ0v) is 10.5. The summed E-state index contributed by atoms with van der Waals surface area (Å²) in [5.41, 5.74) is 0.446. The molecule has 0 saturated carbocycles. The summed E-state index contributed by atoms with van der Waals surface area (Å²) in [6, 6.07) is 4.24. The number of benzene rings is 1. The highest BCUT2D eigenvalue weighted by Crippen LogP contribution is 2.10. The Hall–Kier alpha value is -1.00. The molecule has 0 spiro atoms. The van der Waals surface area contributed by atoms with Gasteiger partial charge < -0.3 is 10.6 Å². The third kappa shape index (κ3) is 4.03. The zero-order valence-electron chi connectivity index (χ0n) is 10.5. The fraction of sp³-hybridized carbons (Fsp3) is 0.571. The Balaban J connectivity index is 1.64. The second-order valence-electron chi connectivity index (χ2n) is 4.82. The van der Waals surface area contributed by atoms with Crippen LogP contribution in [-0.4, -0.2) is 25.7 Å². The molecule has 18 heavy (non-hydrogen) atoms. The molecule has 0 aliphatic carbocycles. The smallest absolute Gasteiger partial charge is 0.126 e. The second-order valence-corrected chi connectivity index (χ2v) is 4.82. The van der Waals surface area contributed by atoms with Crippen LogP contribution >= 0.6 is 0 Å². The predicted octanol–water partition coefficient (Wildman–Crippen LogP) is 2.24. The van der Waals surface area contributed by atoms with E-state index in [9.17, 15) is 8.78 Å². The van der Waals surface area contributed by atoms with Gasteiger partial charge in [-0.05, 0) is 69.1 Å². The van der Waals surface area contributed by atoms with Crippen LogP contribution in [0, 0.1) is 11.6 Å². The van der Waals surface area contributed by atoms with Gasteiger partial charge in [-0.2, -0.15) is 0 Å². The summed E-state index contributed by atoms with van der Waals surface area (Å²) in [5, 5.41) is 6.71. The Labute approximate surface area is 107 Å². The van der Waals surface area contributed by atoms with Crippen molar-refractivity contribution >= 4 is 0 Å². The maximum Gasteiger partial charge on any atom is 0.126 e. The molecular formula is C14H20F2N2. The van der Waals surface area contributed by atoms with E-state index < -0.39 is 0 Å². The Morgan fingerprint density at radius 3 is 2.94 bits per heavy atom. The minimum absolute atomic E-state index is 0.323. The van der Waals surface area contributed by atoms with Crippen LogP contribution in [0.4, 0.5) is 8.78 Å². The lowest BCUT2D eigenvalue weighted by Gasteiger charge is -2.10. The van der Waals surface area contributed by atoms with Crippen molar-refractivity contribution < 1.29 is 8.78 Å². The van der Waals surface area contributed by atoms with E-state index in [1.165, 1.54) is 25.0 Å². The summed E-state index contributed by atoms with van der Waals surface area (Å²) in [6.45, 7) is 2.74. The quantitative estimate of drug-likeness (QED) is 0.761. The average molecular weight is 254 g/mol. The minimum atomic E-state index is -0.374. The maximum absolute atomic E-state index is 13.3. The van der Waals surface area contributed by atoms with E-state index in [0.717, 1.165) is 25.6 Å². The topological polar surface area (TPSA) is 24.1 Å². The van der Waals surface area contributed by atoms with Crippen molar-refractivity contribution in [2.45, 2.75) is 31.7 Å². The van der Waals surface area contributed by atoms with Crippen LogP contribution in [0.3, 0.4) is 0 Å². The zero-order chi connectivity index (χ0) is 12.8. The Bertz CT molecular complexity index is 376. The van der Waals surface area contributed by atoms with E-state index in [2.05, 4.69) is 10.6 Å². The molecule has 1 fully saturated rings. The van der Waals surface area contributed by atoms with Crippen molar-refractivity contribution in [2.24, 2.45) is 0 Å². The molecule has 2 N–H and O–H groups in total. The SMILES string of the molecule is Fc1ccc(F)c(CCNCCC2CCCN2)c1. The fourth-order valence-electron chi connectivity index (χ4n) is 2.36. The van der Waals surface area contributed by atoms with E-state index in [0.29, 0.717) is 24.6 Å². The molecule has 1 atom stereocenters. The normalized spacial score (nSPS) is 19.3. The average Bonchev–Trinajstić information content (AvgIpc) is 2.86. The van der Waals surface area contributed by atoms with Crippen LogP contribution in [0.25, 0.3) is 0 Å². The van der Waals surface area contributed by atoms with Crippen LogP contribution in [0.15, 0.2) is 18.2 Å². The monoisotopic (exact) mass is 254 g/mol. The molecule has 1 aromatic rings. The lowest BCUT2D eigenvalue weighted by molar-refractivity contribution is 0.521. The molecule has 1 aliphatic rings. The first-order valence-electron chi connectivity index (χ1n) is 6.64. The van der Waals surface area contributed by atoms with Crippen molar-refractivity contribution in [3.8, 4) is 0 Å². The molecule has 1 aromatic carbocycles. The van der Waals surface area contributed by atoms with Crippen molar-refractivity contribution in [1.29, 1.82) is 0 Å². The van der Waals surface area contributed by atoms with Gasteiger partial charge in [0.1, 0.15) is 11.6 Å². The van der Waals surface area contributed by atoms with E-state index in [1.54, 1.807) is 0 Å². The summed E-state index contributed by atoms with van der Waals surface area (Å²) in [5.74, 6) is -0.697. The maximum atomic E-state index is 13.3. The van der Waals surface area contributed by atoms with Gasteiger partial charge in [0, 0.05) is 6.04 Å². The van der Waals surface area contributed by atoms with Gasteiger partial charge in [-0.25, -0.2) is 8.78 Å². The summed E-state index contributed by atoms with van der Waals surface area (Å²) in [4.78, 5) is 0. The summed E-state index contributed by atoms with van der Waals surface area (Å²) in [6.07, 6.45) is 4.15. The predicted molar refractivity (Wildman–Crippen MR) is 68.6 cm³/mol. The number of rotatable bonds is 6. The van der Waals surface area contributed by atoms with E-state index in [4.69, 9.17) is 0 Å². The molecule has 0 amide bonds. The van der Waals surface area contributed by atoms with Gasteiger partial charge in [0.05, 0.1) is 0 Å². The third-order valence-corrected chi connectivity index (χ3v) is 3.41. The van der Waals surface area contributed by atoms with Crippen molar-refractivity contribution in [1.82, 2.24) is 10.6 Å². The van der Waals surface area contributed by atoms with Gasteiger partial charge in [0.25, 0.3) is 0 Å². The number of halogens is 2. The molecule has 0 bridgehead atoms. The van der Waals surface area contributed by atoms with Crippen LogP contribution < -0.4 is 10.6 Å². The molecule has 1 heterocycles. The fourth-order valence-corrected chi connectivity index (χ4v) is 2.36. The van der Waals surface area contributed by atoms with E-state index >= 15 is 0 Å². The summed E-state index contributed by atoms with van der Waals surface area (Å²) < 4.78 is 26.3. The lowest BCUT2D eigenvalue weighted by Crippen LogP contribution is -2.28. The molecule has 1 saturated heterocycles. The van der Waals surface area contributed by atoms with Gasteiger partial charge >= 0.3 is 0 Å². The first-order valence-corrected chi connectivity index (χ1v) is 6.64. The van der Waals surface area contributed by atoms with Gasteiger partial charge in [-0.15, -0.1) is 0 Å². The van der Waals surface area contributed by atoms with E-state index in [-0.39, 0.29) is 11.6 Å². The number of hydrogen-bond acceptors (Lipinski definition) is 2. The van der Waals surface area contributed by atoms with E-state index in [1.807, 2.05) is 0 Å². The standard InChI is InChI=1S/C14H20F2N2/c15-12-3-4-14(16)11(10-12)5-8-17-9-6-13-2-1-7-18-13/h3-4,10,13,17-18H,1-2,5-9H2. The molecule has 1 aliphatic heterocycles. The van der Waals surface area contributed by atoms with Gasteiger partial charge in [0.2, 0.25) is 0 Å². The number of hydrogen-bond donors (Lipinski definition) is 2. The third-order valence-electron chi connectivity index (χ3n) is 3.41. The van der Waals surface area contributed by atoms with Crippen molar-refractivity contribution in [3.05, 3.63) is 35.4 Å². The first-order chi connectivity index (χ1) is 8.75. The largest absolute Gasteiger partial charge is 0.316 e. The molecule has 100 valence electrons. The van der Waals surface area contributed by atoms with Crippen molar-refractivity contribution in [2.75, 3.05) is 19.6 Å². The molecule has 2 nitrogen and oxygen atoms in total. The molecule has 1 unspecified atom stereocenters. The minimum Gasteiger partial charge on any atom is -0.316 e. The highest BCUT2D eigenvalue weighted by Gasteiger charge is 2.12. The Morgan fingerprint density at radius 2 is 2.17 bits per heavy atom. The molecule has 2 rings (SSSR count). The van der Waals surface area contributed by atoms with Gasteiger partial charge in [-0.3, -0.25) is 0 Å². The summed E-state index contributed by atoms with van der Waals surface area (Å²) >= 11 is 0. The molecule has 4 heteroatoms. The van der Waals surface area contributed by atoms with Crippen LogP contribution in [0.1, 0.15) is 24.8 Å². The van der Waals surface area contributed by atoms with Crippen molar-refractivity contribution in [3.63, 3.8) is 0 Å². The Kier molecular flexibility index (Phi) is 5.08. The highest BCUT2D eigenvalue weighted by atomic mass is 19.1. The highest BCUT2D eigenvalue weighted by molar-refractivity contribution is 5.18. The molecule has 0 radical (unpaired) electrons. The van der Waals surface area contributed by atoms with Crippen LogP contribution in [-0.2, 0) is 6.42 Å². The second kappa shape index (κ2) is 6.81. The lowest BCUT2D eigenvalue weighted by atomic mass is 10.1. The number of nitrogens with one attached hydrogen (secondary N) is 2.